The van der Waals surface area contributed by atoms with Gasteiger partial charge in [0.2, 0.25) is 11.8 Å². The van der Waals surface area contributed by atoms with E-state index in [1.165, 1.54) is 4.90 Å². The molecule has 0 radical (unpaired) electrons. The molecular formula is C22H26N4O6. The Hall–Kier alpha value is -3.43. The van der Waals surface area contributed by atoms with E-state index in [4.69, 9.17) is 5.11 Å². The van der Waals surface area contributed by atoms with E-state index in [1.54, 1.807) is 12.1 Å². The minimum Gasteiger partial charge on any atom is -0.481 e. The lowest BCUT2D eigenvalue weighted by Gasteiger charge is -2.29. The van der Waals surface area contributed by atoms with Crippen LogP contribution in [-0.4, -0.2) is 51.8 Å². The number of carbonyl (C=O) groups is 5. The number of hydrogen-bond donors (Lipinski definition) is 4. The van der Waals surface area contributed by atoms with Crippen molar-refractivity contribution in [2.24, 2.45) is 5.92 Å². The average molecular weight is 442 g/mol. The average Bonchev–Trinajstić information content (AvgIpc) is 3.08. The minimum atomic E-state index is -0.779. The van der Waals surface area contributed by atoms with Crippen LogP contribution in [0.3, 0.4) is 0 Å². The smallest absolute Gasteiger partial charge is 0.315 e. The number of urea groups is 1. The van der Waals surface area contributed by atoms with E-state index in [9.17, 15) is 24.0 Å². The fourth-order valence-corrected chi connectivity index (χ4v) is 4.64. The Morgan fingerprint density at radius 1 is 1.09 bits per heavy atom. The number of rotatable bonds is 5. The number of carbonyl (C=O) groups excluding carboxylic acids is 4. The molecule has 2 heterocycles. The fourth-order valence-electron chi connectivity index (χ4n) is 4.64. The zero-order valence-corrected chi connectivity index (χ0v) is 17.6. The number of piperidine rings is 1. The van der Waals surface area contributed by atoms with E-state index in [1.807, 2.05) is 6.07 Å². The Morgan fingerprint density at radius 2 is 1.84 bits per heavy atom. The van der Waals surface area contributed by atoms with Gasteiger partial charge in [-0.1, -0.05) is 12.1 Å². The molecule has 0 spiro atoms. The van der Waals surface area contributed by atoms with Crippen molar-refractivity contribution in [1.82, 2.24) is 20.9 Å². The SMILES string of the molecule is O=C1CCC(N2Cc3cc(CNC(=O)NC4CCC(C(=O)O)CC4)ccc3C2=O)C(=O)N1. The van der Waals surface area contributed by atoms with Gasteiger partial charge in [0.1, 0.15) is 6.04 Å². The highest BCUT2D eigenvalue weighted by Gasteiger charge is 2.39. The first-order valence-electron chi connectivity index (χ1n) is 10.9. The van der Waals surface area contributed by atoms with E-state index in [0.29, 0.717) is 37.7 Å². The molecule has 0 bridgehead atoms. The van der Waals surface area contributed by atoms with Crippen LogP contribution in [0.5, 0.6) is 0 Å². The second kappa shape index (κ2) is 8.97. The molecule has 1 aliphatic carbocycles. The van der Waals surface area contributed by atoms with Crippen LogP contribution in [0.4, 0.5) is 4.79 Å². The number of hydrogen-bond acceptors (Lipinski definition) is 5. The van der Waals surface area contributed by atoms with E-state index >= 15 is 0 Å². The number of nitrogens with one attached hydrogen (secondary N) is 3. The zero-order chi connectivity index (χ0) is 22.8. The molecular weight excluding hydrogens is 416 g/mol. The van der Waals surface area contributed by atoms with Gasteiger partial charge in [-0.2, -0.15) is 0 Å². The lowest BCUT2D eigenvalue weighted by atomic mass is 9.86. The van der Waals surface area contributed by atoms with Crippen molar-refractivity contribution in [3.05, 3.63) is 34.9 Å². The summed E-state index contributed by atoms with van der Waals surface area (Å²) in [5.41, 5.74) is 2.14. The molecule has 2 fully saturated rings. The lowest BCUT2D eigenvalue weighted by Crippen LogP contribution is -2.52. The Morgan fingerprint density at radius 3 is 2.53 bits per heavy atom. The van der Waals surface area contributed by atoms with Crippen LogP contribution < -0.4 is 16.0 Å². The van der Waals surface area contributed by atoms with Crippen molar-refractivity contribution in [3.8, 4) is 0 Å². The molecule has 4 N–H and O–H groups in total. The summed E-state index contributed by atoms with van der Waals surface area (Å²) in [5.74, 6) is -2.11. The van der Waals surface area contributed by atoms with Gasteiger partial charge >= 0.3 is 12.0 Å². The molecule has 4 rings (SSSR count). The molecule has 170 valence electrons. The maximum Gasteiger partial charge on any atom is 0.315 e. The molecule has 1 saturated heterocycles. The number of fused-ring (bicyclic) bond motifs is 1. The predicted octanol–water partition coefficient (Wildman–Crippen LogP) is 0.890. The first kappa shape index (κ1) is 21.8. The highest BCUT2D eigenvalue weighted by Crippen LogP contribution is 2.28. The topological polar surface area (TPSA) is 145 Å². The normalized spacial score (nSPS) is 25.2. The molecule has 1 saturated carbocycles. The molecule has 5 amide bonds. The third-order valence-corrected chi connectivity index (χ3v) is 6.45. The summed E-state index contributed by atoms with van der Waals surface area (Å²) in [6, 6.07) is 4.30. The maximum atomic E-state index is 12.7. The molecule has 10 nitrogen and oxygen atoms in total. The molecule has 1 aromatic rings. The standard InChI is InChI=1S/C22H26N4O6/c27-18-8-7-17(19(28)25-18)26-11-14-9-12(1-6-16(14)20(26)29)10-23-22(32)24-15-4-2-13(3-5-15)21(30)31/h1,6,9,13,15,17H,2-5,7-8,10-11H2,(H,30,31)(H2,23,24,32)(H,25,27,28). The number of aliphatic carboxylic acids is 1. The van der Waals surface area contributed by atoms with Crippen LogP contribution in [0.15, 0.2) is 18.2 Å². The summed E-state index contributed by atoms with van der Waals surface area (Å²) < 4.78 is 0. The van der Waals surface area contributed by atoms with Crippen molar-refractivity contribution in [1.29, 1.82) is 0 Å². The van der Waals surface area contributed by atoms with Gasteiger partial charge in [-0.15, -0.1) is 0 Å². The summed E-state index contributed by atoms with van der Waals surface area (Å²) in [5, 5.41) is 17.0. The van der Waals surface area contributed by atoms with E-state index in [-0.39, 0.29) is 49.3 Å². The van der Waals surface area contributed by atoms with Crippen molar-refractivity contribution >= 4 is 29.7 Å². The molecule has 0 aromatic heterocycles. The number of benzene rings is 1. The summed E-state index contributed by atoms with van der Waals surface area (Å²) in [6.45, 7) is 0.559. The highest BCUT2D eigenvalue weighted by molar-refractivity contribution is 6.05. The number of amides is 5. The predicted molar refractivity (Wildman–Crippen MR) is 111 cm³/mol. The highest BCUT2D eigenvalue weighted by atomic mass is 16.4. The summed E-state index contributed by atoms with van der Waals surface area (Å²) in [4.78, 5) is 61.0. The number of nitrogens with zero attached hydrogens (tertiary/aromatic N) is 1. The van der Waals surface area contributed by atoms with Gasteiger partial charge in [0.05, 0.1) is 5.92 Å². The third-order valence-electron chi connectivity index (χ3n) is 6.45. The first-order valence-corrected chi connectivity index (χ1v) is 10.9. The van der Waals surface area contributed by atoms with Gasteiger partial charge in [-0.3, -0.25) is 24.5 Å². The van der Waals surface area contributed by atoms with Crippen molar-refractivity contribution in [2.45, 2.75) is 63.7 Å². The molecule has 3 aliphatic rings. The molecule has 10 heteroatoms. The lowest BCUT2D eigenvalue weighted by molar-refractivity contribution is -0.143. The summed E-state index contributed by atoms with van der Waals surface area (Å²) in [6.07, 6.45) is 2.92. The van der Waals surface area contributed by atoms with Crippen LogP contribution in [0.1, 0.15) is 60.0 Å². The Kier molecular flexibility index (Phi) is 6.11. The third kappa shape index (κ3) is 4.58. The Bertz CT molecular complexity index is 969. The zero-order valence-electron chi connectivity index (χ0n) is 17.6. The molecule has 2 aliphatic heterocycles. The van der Waals surface area contributed by atoms with Crippen molar-refractivity contribution in [2.75, 3.05) is 0 Å². The van der Waals surface area contributed by atoms with Crippen LogP contribution in [-0.2, 0) is 27.5 Å². The van der Waals surface area contributed by atoms with Gasteiger partial charge in [0.15, 0.2) is 0 Å². The van der Waals surface area contributed by atoms with E-state index < -0.39 is 17.9 Å². The van der Waals surface area contributed by atoms with Crippen LogP contribution in [0.2, 0.25) is 0 Å². The number of carboxylic acid groups (broad SMARTS) is 1. The number of carboxylic acids is 1. The van der Waals surface area contributed by atoms with Gasteiger partial charge in [0.25, 0.3) is 5.91 Å². The van der Waals surface area contributed by atoms with Crippen LogP contribution >= 0.6 is 0 Å². The monoisotopic (exact) mass is 442 g/mol. The molecule has 1 atom stereocenters. The van der Waals surface area contributed by atoms with Crippen molar-refractivity contribution in [3.63, 3.8) is 0 Å². The second-order valence-corrected chi connectivity index (χ2v) is 8.61. The van der Waals surface area contributed by atoms with Gasteiger partial charge in [-0.25, -0.2) is 4.79 Å². The number of imide groups is 1. The van der Waals surface area contributed by atoms with E-state index in [2.05, 4.69) is 16.0 Å². The first-order chi connectivity index (χ1) is 15.3. The molecule has 1 unspecified atom stereocenters. The second-order valence-electron chi connectivity index (χ2n) is 8.61. The minimum absolute atomic E-state index is 0.0367. The maximum absolute atomic E-state index is 12.7. The molecule has 1 aromatic carbocycles. The van der Waals surface area contributed by atoms with Crippen LogP contribution in [0, 0.1) is 5.92 Å². The van der Waals surface area contributed by atoms with Gasteiger partial charge < -0.3 is 20.6 Å². The Labute approximate surface area is 184 Å². The summed E-state index contributed by atoms with van der Waals surface area (Å²) in [7, 11) is 0. The van der Waals surface area contributed by atoms with Gasteiger partial charge in [0, 0.05) is 31.1 Å². The van der Waals surface area contributed by atoms with Crippen molar-refractivity contribution < 1.29 is 29.1 Å². The van der Waals surface area contributed by atoms with Crippen LogP contribution in [0.25, 0.3) is 0 Å². The van der Waals surface area contributed by atoms with E-state index in [0.717, 1.165) is 11.1 Å². The quantitative estimate of drug-likeness (QED) is 0.499. The Balaban J connectivity index is 1.30. The summed E-state index contributed by atoms with van der Waals surface area (Å²) >= 11 is 0. The molecule has 32 heavy (non-hydrogen) atoms. The van der Waals surface area contributed by atoms with Gasteiger partial charge in [-0.05, 0) is 49.3 Å². The largest absolute Gasteiger partial charge is 0.481 e. The fraction of sp³-hybridized carbons (Fsp3) is 0.500.